The number of carbonyl (C=O) groups is 2. The van der Waals surface area contributed by atoms with E-state index >= 15 is 0 Å². The lowest BCUT2D eigenvalue weighted by molar-refractivity contribution is 0.0501. The van der Waals surface area contributed by atoms with E-state index in [1.54, 1.807) is 45.0 Å². The number of ether oxygens (including phenoxy) is 1. The van der Waals surface area contributed by atoms with E-state index in [0.717, 1.165) is 0 Å². The molecule has 0 unspecified atom stereocenters. The van der Waals surface area contributed by atoms with Crippen LogP contribution in [-0.4, -0.2) is 24.0 Å². The van der Waals surface area contributed by atoms with Gasteiger partial charge in [-0.15, -0.1) is 0 Å². The fourth-order valence-corrected chi connectivity index (χ4v) is 2.14. The van der Waals surface area contributed by atoms with Crippen LogP contribution in [0.15, 0.2) is 54.6 Å². The fourth-order valence-electron chi connectivity index (χ4n) is 2.14. The Morgan fingerprint density at radius 2 is 1.65 bits per heavy atom. The van der Waals surface area contributed by atoms with Crippen molar-refractivity contribution < 1.29 is 14.3 Å². The SMILES string of the molecule is CC(C)(C)OC(=O)NNCC#Cc1ccccc1C(=O)c1ccccc1. The first-order chi connectivity index (χ1) is 12.4. The summed E-state index contributed by atoms with van der Waals surface area (Å²) in [5, 5.41) is 0. The van der Waals surface area contributed by atoms with Crippen LogP contribution in [-0.2, 0) is 4.74 Å². The maximum Gasteiger partial charge on any atom is 0.422 e. The molecule has 0 aliphatic carbocycles. The lowest BCUT2D eigenvalue weighted by Gasteiger charge is -2.19. The van der Waals surface area contributed by atoms with Crippen LogP contribution in [0.5, 0.6) is 0 Å². The summed E-state index contributed by atoms with van der Waals surface area (Å²) in [5.41, 5.74) is 6.33. The largest absolute Gasteiger partial charge is 0.443 e. The molecule has 0 aliphatic heterocycles. The summed E-state index contributed by atoms with van der Waals surface area (Å²) in [7, 11) is 0. The van der Waals surface area contributed by atoms with Crippen LogP contribution in [0, 0.1) is 11.8 Å². The van der Waals surface area contributed by atoms with E-state index in [1.807, 2.05) is 30.3 Å². The number of amides is 1. The van der Waals surface area contributed by atoms with Gasteiger partial charge in [-0.25, -0.2) is 10.2 Å². The number of carbonyl (C=O) groups excluding carboxylic acids is 2. The summed E-state index contributed by atoms with van der Waals surface area (Å²) in [6, 6.07) is 16.3. The third-order valence-corrected chi connectivity index (χ3v) is 3.20. The molecular formula is C21H22N2O3. The second kappa shape index (κ2) is 8.84. The second-order valence-corrected chi connectivity index (χ2v) is 6.52. The quantitative estimate of drug-likeness (QED) is 0.384. The lowest BCUT2D eigenvalue weighted by Crippen LogP contribution is -2.41. The number of hydrogen-bond acceptors (Lipinski definition) is 4. The van der Waals surface area contributed by atoms with Gasteiger partial charge >= 0.3 is 6.09 Å². The molecule has 5 heteroatoms. The predicted octanol–water partition coefficient (Wildman–Crippen LogP) is 3.30. The predicted molar refractivity (Wildman–Crippen MR) is 101 cm³/mol. The van der Waals surface area contributed by atoms with Gasteiger partial charge < -0.3 is 4.74 Å². The minimum atomic E-state index is -0.570. The molecule has 2 N–H and O–H groups in total. The van der Waals surface area contributed by atoms with Crippen molar-refractivity contribution in [1.82, 2.24) is 10.9 Å². The van der Waals surface area contributed by atoms with Crippen LogP contribution in [0.3, 0.4) is 0 Å². The van der Waals surface area contributed by atoms with E-state index in [2.05, 4.69) is 22.7 Å². The van der Waals surface area contributed by atoms with Crippen molar-refractivity contribution in [2.24, 2.45) is 0 Å². The van der Waals surface area contributed by atoms with E-state index in [0.29, 0.717) is 16.7 Å². The van der Waals surface area contributed by atoms with Gasteiger partial charge in [0.15, 0.2) is 5.78 Å². The molecule has 2 rings (SSSR count). The normalized spacial score (nSPS) is 10.4. The van der Waals surface area contributed by atoms with Crippen molar-refractivity contribution in [2.45, 2.75) is 26.4 Å². The van der Waals surface area contributed by atoms with Crippen LogP contribution < -0.4 is 10.9 Å². The topological polar surface area (TPSA) is 67.4 Å². The maximum absolute atomic E-state index is 12.6. The zero-order chi connectivity index (χ0) is 19.0. The van der Waals surface area contributed by atoms with Crippen molar-refractivity contribution in [3.8, 4) is 11.8 Å². The van der Waals surface area contributed by atoms with Gasteiger partial charge in [-0.2, -0.15) is 0 Å². The first-order valence-corrected chi connectivity index (χ1v) is 8.26. The summed E-state index contributed by atoms with van der Waals surface area (Å²) < 4.78 is 5.10. The van der Waals surface area contributed by atoms with Crippen LogP contribution in [0.2, 0.25) is 0 Å². The zero-order valence-corrected chi connectivity index (χ0v) is 15.1. The van der Waals surface area contributed by atoms with Crippen molar-refractivity contribution in [3.63, 3.8) is 0 Å². The highest BCUT2D eigenvalue weighted by atomic mass is 16.6. The zero-order valence-electron chi connectivity index (χ0n) is 15.1. The molecule has 0 saturated carbocycles. The van der Waals surface area contributed by atoms with Crippen molar-refractivity contribution in [2.75, 3.05) is 6.54 Å². The standard InChI is InChI=1S/C21H22N2O3/c1-21(2,3)26-20(25)23-22-15-9-13-16-10-7-8-14-18(16)19(24)17-11-5-4-6-12-17/h4-8,10-12,14,22H,15H2,1-3H3,(H,23,25). The maximum atomic E-state index is 12.6. The van der Waals surface area contributed by atoms with Crippen molar-refractivity contribution in [1.29, 1.82) is 0 Å². The summed E-state index contributed by atoms with van der Waals surface area (Å²) in [6.45, 7) is 5.57. The molecule has 134 valence electrons. The van der Waals surface area contributed by atoms with Crippen molar-refractivity contribution >= 4 is 11.9 Å². The second-order valence-electron chi connectivity index (χ2n) is 6.52. The van der Waals surface area contributed by atoms with Gasteiger partial charge in [-0.3, -0.25) is 10.2 Å². The summed E-state index contributed by atoms with van der Waals surface area (Å²) in [6.07, 6.45) is -0.570. The minimum Gasteiger partial charge on any atom is -0.443 e. The molecule has 2 aromatic carbocycles. The van der Waals surface area contributed by atoms with Gasteiger partial charge in [0.2, 0.25) is 0 Å². The minimum absolute atomic E-state index is 0.0738. The van der Waals surface area contributed by atoms with Gasteiger partial charge in [0, 0.05) is 16.7 Å². The van der Waals surface area contributed by atoms with E-state index in [9.17, 15) is 9.59 Å². The molecule has 0 atom stereocenters. The molecule has 0 fully saturated rings. The summed E-state index contributed by atoms with van der Waals surface area (Å²) >= 11 is 0. The first-order valence-electron chi connectivity index (χ1n) is 8.26. The van der Waals surface area contributed by atoms with Crippen LogP contribution in [0.4, 0.5) is 4.79 Å². The number of hydrazine groups is 1. The van der Waals surface area contributed by atoms with Crippen molar-refractivity contribution in [3.05, 3.63) is 71.3 Å². The average molecular weight is 350 g/mol. The highest BCUT2D eigenvalue weighted by Gasteiger charge is 2.15. The average Bonchev–Trinajstić information content (AvgIpc) is 2.60. The smallest absolute Gasteiger partial charge is 0.422 e. The Hall–Kier alpha value is -3.10. The lowest BCUT2D eigenvalue weighted by atomic mass is 9.99. The number of ketones is 1. The molecule has 0 heterocycles. The highest BCUT2D eigenvalue weighted by Crippen LogP contribution is 2.13. The molecule has 0 spiro atoms. The van der Waals surface area contributed by atoms with Crippen LogP contribution >= 0.6 is 0 Å². The number of nitrogens with one attached hydrogen (secondary N) is 2. The third kappa shape index (κ3) is 6.08. The number of rotatable bonds is 4. The van der Waals surface area contributed by atoms with Gasteiger partial charge in [0.25, 0.3) is 0 Å². The molecular weight excluding hydrogens is 328 g/mol. The summed E-state index contributed by atoms with van der Waals surface area (Å²) in [5.74, 6) is 5.77. The highest BCUT2D eigenvalue weighted by molar-refractivity contribution is 6.10. The Kier molecular flexibility index (Phi) is 6.54. The van der Waals surface area contributed by atoms with Gasteiger partial charge in [0.05, 0.1) is 6.54 Å². The molecule has 2 aromatic rings. The van der Waals surface area contributed by atoms with Crippen LogP contribution in [0.25, 0.3) is 0 Å². The monoisotopic (exact) mass is 350 g/mol. The fraction of sp³-hybridized carbons (Fsp3) is 0.238. The Morgan fingerprint density at radius 1 is 1.00 bits per heavy atom. The van der Waals surface area contributed by atoms with Crippen LogP contribution in [0.1, 0.15) is 42.3 Å². The molecule has 0 aliphatic rings. The molecule has 0 bridgehead atoms. The van der Waals surface area contributed by atoms with Gasteiger partial charge in [0.1, 0.15) is 5.60 Å². The molecule has 5 nitrogen and oxygen atoms in total. The summed E-state index contributed by atoms with van der Waals surface area (Å²) in [4.78, 5) is 24.1. The molecule has 0 radical (unpaired) electrons. The Balaban J connectivity index is 1.98. The van der Waals surface area contributed by atoms with E-state index in [-0.39, 0.29) is 12.3 Å². The van der Waals surface area contributed by atoms with Gasteiger partial charge in [-0.1, -0.05) is 54.3 Å². The number of benzene rings is 2. The Bertz CT molecular complexity index is 828. The third-order valence-electron chi connectivity index (χ3n) is 3.20. The molecule has 0 aromatic heterocycles. The van der Waals surface area contributed by atoms with E-state index < -0.39 is 11.7 Å². The first kappa shape index (κ1) is 19.2. The van der Waals surface area contributed by atoms with E-state index in [1.165, 1.54) is 0 Å². The number of hydrogen-bond donors (Lipinski definition) is 2. The Morgan fingerprint density at radius 3 is 2.35 bits per heavy atom. The Labute approximate surface area is 153 Å². The molecule has 26 heavy (non-hydrogen) atoms. The molecule has 1 amide bonds. The molecule has 0 saturated heterocycles. The van der Waals surface area contributed by atoms with Gasteiger partial charge in [-0.05, 0) is 32.9 Å². The van der Waals surface area contributed by atoms with E-state index in [4.69, 9.17) is 4.74 Å².